The zero-order chi connectivity index (χ0) is 15.3. The highest BCUT2D eigenvalue weighted by Crippen LogP contribution is 2.31. The van der Waals surface area contributed by atoms with Gasteiger partial charge in [-0.3, -0.25) is 0 Å². The van der Waals surface area contributed by atoms with Crippen LogP contribution in [-0.2, 0) is 20.8 Å². The van der Waals surface area contributed by atoms with Gasteiger partial charge in [-0.05, 0) is 25.8 Å². The van der Waals surface area contributed by atoms with Crippen molar-refractivity contribution in [2.75, 3.05) is 13.2 Å². The van der Waals surface area contributed by atoms with E-state index in [1.807, 2.05) is 30.3 Å². The third-order valence-electron chi connectivity index (χ3n) is 3.45. The Labute approximate surface area is 125 Å². The summed E-state index contributed by atoms with van der Waals surface area (Å²) < 4.78 is 17.0. The average molecular weight is 296 g/mol. The first kappa shape index (κ1) is 16.4. The second-order valence-corrected chi connectivity index (χ2v) is 5.72. The summed E-state index contributed by atoms with van der Waals surface area (Å²) in [5, 5.41) is 18.9. The summed E-state index contributed by atoms with van der Waals surface area (Å²) >= 11 is 0. The van der Waals surface area contributed by atoms with Gasteiger partial charge in [0, 0.05) is 6.61 Å². The van der Waals surface area contributed by atoms with Gasteiger partial charge in [0.15, 0.2) is 5.79 Å². The number of aliphatic hydroxyl groups excluding tert-OH is 2. The monoisotopic (exact) mass is 296 g/mol. The van der Waals surface area contributed by atoms with Crippen LogP contribution in [0.3, 0.4) is 0 Å². The topological polar surface area (TPSA) is 68.2 Å². The van der Waals surface area contributed by atoms with Gasteiger partial charge in [0.1, 0.15) is 12.2 Å². The van der Waals surface area contributed by atoms with Crippen LogP contribution in [0.1, 0.15) is 25.8 Å². The van der Waals surface area contributed by atoms with E-state index in [2.05, 4.69) is 0 Å². The molecule has 2 N–H and O–H groups in total. The molecule has 1 aliphatic heterocycles. The minimum Gasteiger partial charge on any atom is -0.394 e. The Bertz CT molecular complexity index is 420. The molecule has 5 heteroatoms. The van der Waals surface area contributed by atoms with E-state index in [0.717, 1.165) is 5.56 Å². The van der Waals surface area contributed by atoms with Gasteiger partial charge in [0.2, 0.25) is 0 Å². The van der Waals surface area contributed by atoms with Gasteiger partial charge >= 0.3 is 0 Å². The Hall–Kier alpha value is -0.980. The minimum absolute atomic E-state index is 0.280. The summed E-state index contributed by atoms with van der Waals surface area (Å²) in [6.45, 7) is 4.31. The number of ether oxygens (including phenoxy) is 3. The van der Waals surface area contributed by atoms with Crippen LogP contribution in [0, 0.1) is 0 Å². The van der Waals surface area contributed by atoms with Gasteiger partial charge in [-0.1, -0.05) is 30.3 Å². The van der Waals surface area contributed by atoms with Crippen molar-refractivity contribution in [2.24, 2.45) is 0 Å². The summed E-state index contributed by atoms with van der Waals surface area (Å²) in [5.41, 5.74) is 1.12. The van der Waals surface area contributed by atoms with E-state index in [9.17, 15) is 5.11 Å². The second kappa shape index (κ2) is 7.33. The number of rotatable bonds is 7. The maximum Gasteiger partial charge on any atom is 0.163 e. The lowest BCUT2D eigenvalue weighted by Crippen LogP contribution is -2.38. The Kier molecular flexibility index (Phi) is 5.72. The van der Waals surface area contributed by atoms with Crippen LogP contribution >= 0.6 is 0 Å². The Morgan fingerprint density at radius 3 is 2.62 bits per heavy atom. The van der Waals surface area contributed by atoms with Gasteiger partial charge in [-0.2, -0.15) is 0 Å². The van der Waals surface area contributed by atoms with Crippen molar-refractivity contribution in [1.82, 2.24) is 0 Å². The Morgan fingerprint density at radius 2 is 1.95 bits per heavy atom. The summed E-state index contributed by atoms with van der Waals surface area (Å²) in [7, 11) is 0. The van der Waals surface area contributed by atoms with Crippen molar-refractivity contribution in [2.45, 2.75) is 51.0 Å². The summed E-state index contributed by atoms with van der Waals surface area (Å²) in [6.07, 6.45) is -1.13. The number of benzene rings is 1. The fraction of sp³-hybridized carbons (Fsp3) is 0.625. The third-order valence-corrected chi connectivity index (χ3v) is 3.45. The van der Waals surface area contributed by atoms with Crippen molar-refractivity contribution in [3.8, 4) is 0 Å². The molecule has 0 aromatic heterocycles. The van der Waals surface area contributed by atoms with Crippen molar-refractivity contribution in [3.63, 3.8) is 0 Å². The quantitative estimate of drug-likeness (QED) is 0.746. The number of aliphatic hydroxyl groups is 2. The van der Waals surface area contributed by atoms with Crippen LogP contribution in [0.25, 0.3) is 0 Å². The lowest BCUT2D eigenvalue weighted by Gasteiger charge is -2.20. The molecule has 0 saturated carbocycles. The van der Waals surface area contributed by atoms with Crippen molar-refractivity contribution >= 4 is 0 Å². The fourth-order valence-corrected chi connectivity index (χ4v) is 2.48. The smallest absolute Gasteiger partial charge is 0.163 e. The van der Waals surface area contributed by atoms with Gasteiger partial charge < -0.3 is 24.4 Å². The second-order valence-electron chi connectivity index (χ2n) is 5.72. The molecular formula is C16H24O5. The molecule has 2 rings (SSSR count). The van der Waals surface area contributed by atoms with Gasteiger partial charge in [-0.15, -0.1) is 0 Å². The van der Waals surface area contributed by atoms with Crippen LogP contribution in [0.4, 0.5) is 0 Å². The number of hydrogen-bond donors (Lipinski definition) is 2. The summed E-state index contributed by atoms with van der Waals surface area (Å²) in [5.74, 6) is -0.745. The highest BCUT2D eigenvalue weighted by Gasteiger charge is 2.44. The first-order chi connectivity index (χ1) is 10.0. The van der Waals surface area contributed by atoms with Crippen LogP contribution in [0.5, 0.6) is 0 Å². The maximum atomic E-state index is 9.80. The van der Waals surface area contributed by atoms with E-state index in [1.54, 1.807) is 13.8 Å². The maximum absolute atomic E-state index is 9.80. The van der Waals surface area contributed by atoms with Crippen LogP contribution < -0.4 is 0 Å². The Balaban J connectivity index is 1.78. The molecule has 118 valence electrons. The molecule has 21 heavy (non-hydrogen) atoms. The average Bonchev–Trinajstić information content (AvgIpc) is 2.79. The van der Waals surface area contributed by atoms with E-state index in [-0.39, 0.29) is 12.7 Å². The molecule has 3 atom stereocenters. The predicted octanol–water partition coefficient (Wildman–Crippen LogP) is 1.47. The molecule has 1 heterocycles. The molecular weight excluding hydrogens is 272 g/mol. The van der Waals surface area contributed by atoms with Crippen LogP contribution in [0.15, 0.2) is 30.3 Å². The predicted molar refractivity (Wildman–Crippen MR) is 77.6 cm³/mol. The molecule has 1 saturated heterocycles. The van der Waals surface area contributed by atoms with Crippen LogP contribution in [-0.4, -0.2) is 47.5 Å². The molecule has 0 unspecified atom stereocenters. The third kappa shape index (κ3) is 4.76. The standard InChI is InChI=1S/C16H24O5/c1-16(2)20-14(15(21-16)13(18)10-17)8-9-19-11-12-6-4-3-5-7-12/h3-7,13-15,17-18H,8-11H2,1-2H3/t13-,14-,15-/m1/s1. The molecule has 1 aromatic rings. The van der Waals surface area contributed by atoms with Gasteiger partial charge in [-0.25, -0.2) is 0 Å². The van der Waals surface area contributed by atoms with Gasteiger partial charge in [0.05, 0.1) is 19.3 Å². The molecule has 1 aromatic carbocycles. The van der Waals surface area contributed by atoms with Gasteiger partial charge in [0.25, 0.3) is 0 Å². The molecule has 0 bridgehead atoms. The summed E-state index contributed by atoms with van der Waals surface area (Å²) in [4.78, 5) is 0. The zero-order valence-corrected chi connectivity index (χ0v) is 12.6. The molecule has 0 radical (unpaired) electrons. The van der Waals surface area contributed by atoms with E-state index in [4.69, 9.17) is 19.3 Å². The lowest BCUT2D eigenvalue weighted by atomic mass is 10.1. The highest BCUT2D eigenvalue weighted by molar-refractivity contribution is 5.13. The molecule has 0 amide bonds. The van der Waals surface area contributed by atoms with Crippen molar-refractivity contribution in [1.29, 1.82) is 0 Å². The molecule has 1 fully saturated rings. The first-order valence-electron chi connectivity index (χ1n) is 7.28. The normalized spacial score (nSPS) is 25.9. The van der Waals surface area contributed by atoms with E-state index < -0.39 is 18.0 Å². The zero-order valence-electron chi connectivity index (χ0n) is 12.6. The molecule has 0 aliphatic carbocycles. The largest absolute Gasteiger partial charge is 0.394 e. The van der Waals surface area contributed by atoms with E-state index in [1.165, 1.54) is 0 Å². The van der Waals surface area contributed by atoms with Crippen LogP contribution in [0.2, 0.25) is 0 Å². The minimum atomic E-state index is -0.939. The lowest BCUT2D eigenvalue weighted by molar-refractivity contribution is -0.158. The SMILES string of the molecule is CC1(C)O[C@H]([C@H](O)CO)[C@@H](CCOCc2ccccc2)O1. The van der Waals surface area contributed by atoms with E-state index in [0.29, 0.717) is 19.6 Å². The molecule has 5 nitrogen and oxygen atoms in total. The van der Waals surface area contributed by atoms with E-state index >= 15 is 0 Å². The first-order valence-corrected chi connectivity index (χ1v) is 7.28. The molecule has 0 spiro atoms. The number of hydrogen-bond acceptors (Lipinski definition) is 5. The highest BCUT2D eigenvalue weighted by atomic mass is 16.8. The van der Waals surface area contributed by atoms with Crippen molar-refractivity contribution in [3.05, 3.63) is 35.9 Å². The molecule has 1 aliphatic rings. The Morgan fingerprint density at radius 1 is 1.24 bits per heavy atom. The van der Waals surface area contributed by atoms with Crippen molar-refractivity contribution < 1.29 is 24.4 Å². The fourth-order valence-electron chi connectivity index (χ4n) is 2.48. The summed E-state index contributed by atoms with van der Waals surface area (Å²) in [6, 6.07) is 9.94.